The number of ether oxygens (including phenoxy) is 1. The van der Waals surface area contributed by atoms with Gasteiger partial charge in [-0.05, 0) is 6.42 Å². The van der Waals surface area contributed by atoms with E-state index in [0.29, 0.717) is 11.8 Å². The standard InChI is InChI=1S/C7H12O3/c8-2-4-1-5(3-9)7-6(4)10-7/h4-9H,1-3H2/t4-,5+,6-,7+. The Morgan fingerprint density at radius 2 is 1.60 bits per heavy atom. The van der Waals surface area contributed by atoms with E-state index in [-0.39, 0.29) is 25.4 Å². The molecule has 1 heterocycles. The molecular formula is C7H12O3. The molecule has 3 nitrogen and oxygen atoms in total. The lowest BCUT2D eigenvalue weighted by Crippen LogP contribution is -2.12. The molecule has 0 aromatic rings. The third-order valence-corrected chi connectivity index (χ3v) is 2.57. The van der Waals surface area contributed by atoms with Gasteiger partial charge in [-0.3, -0.25) is 0 Å². The second-order valence-corrected chi connectivity index (χ2v) is 3.19. The summed E-state index contributed by atoms with van der Waals surface area (Å²) < 4.78 is 5.24. The van der Waals surface area contributed by atoms with E-state index in [4.69, 9.17) is 14.9 Å². The predicted molar refractivity (Wildman–Crippen MR) is 34.4 cm³/mol. The minimum atomic E-state index is 0.206. The van der Waals surface area contributed by atoms with E-state index in [1.165, 1.54) is 0 Å². The fourth-order valence-electron chi connectivity index (χ4n) is 1.91. The van der Waals surface area contributed by atoms with E-state index in [1.54, 1.807) is 0 Å². The summed E-state index contributed by atoms with van der Waals surface area (Å²) in [5.74, 6) is 0.587. The molecule has 1 saturated heterocycles. The highest BCUT2D eigenvalue weighted by Crippen LogP contribution is 2.46. The Bertz CT molecular complexity index is 123. The van der Waals surface area contributed by atoms with Gasteiger partial charge in [0.1, 0.15) is 0 Å². The predicted octanol–water partition coefficient (Wildman–Crippen LogP) is -0.626. The molecule has 0 aromatic carbocycles. The van der Waals surface area contributed by atoms with Crippen molar-refractivity contribution in [2.24, 2.45) is 11.8 Å². The fourth-order valence-corrected chi connectivity index (χ4v) is 1.91. The molecule has 4 atom stereocenters. The van der Waals surface area contributed by atoms with Crippen LogP contribution in [0.1, 0.15) is 6.42 Å². The van der Waals surface area contributed by atoms with Gasteiger partial charge in [0.05, 0.1) is 12.2 Å². The number of hydrogen-bond acceptors (Lipinski definition) is 3. The molecule has 2 fully saturated rings. The first-order valence-electron chi connectivity index (χ1n) is 3.74. The Morgan fingerprint density at radius 3 is 1.90 bits per heavy atom. The van der Waals surface area contributed by atoms with Crippen LogP contribution < -0.4 is 0 Å². The molecule has 1 aliphatic heterocycles. The van der Waals surface area contributed by atoms with E-state index in [1.807, 2.05) is 0 Å². The van der Waals surface area contributed by atoms with Gasteiger partial charge in [0.25, 0.3) is 0 Å². The molecule has 2 N–H and O–H groups in total. The maximum atomic E-state index is 8.81. The number of epoxide rings is 1. The number of fused-ring (bicyclic) bond motifs is 1. The summed E-state index contributed by atoms with van der Waals surface area (Å²) in [5.41, 5.74) is 0. The molecule has 1 aliphatic carbocycles. The summed E-state index contributed by atoms with van der Waals surface area (Å²) in [6, 6.07) is 0. The lowest BCUT2D eigenvalue weighted by Gasteiger charge is -2.10. The minimum Gasteiger partial charge on any atom is -0.396 e. The van der Waals surface area contributed by atoms with E-state index in [2.05, 4.69) is 0 Å². The summed E-state index contributed by atoms with van der Waals surface area (Å²) in [4.78, 5) is 0. The Hall–Kier alpha value is -0.120. The first kappa shape index (κ1) is 6.58. The Morgan fingerprint density at radius 1 is 1.10 bits per heavy atom. The highest BCUT2D eigenvalue weighted by molar-refractivity contribution is 5.02. The van der Waals surface area contributed by atoms with Gasteiger partial charge in [-0.2, -0.15) is 0 Å². The quantitative estimate of drug-likeness (QED) is 0.507. The Balaban J connectivity index is 1.95. The summed E-state index contributed by atoms with van der Waals surface area (Å²) in [5, 5.41) is 17.6. The summed E-state index contributed by atoms with van der Waals surface area (Å²) in [6.45, 7) is 0.412. The van der Waals surface area contributed by atoms with E-state index in [0.717, 1.165) is 6.42 Å². The van der Waals surface area contributed by atoms with Gasteiger partial charge in [-0.1, -0.05) is 0 Å². The molecule has 2 rings (SSSR count). The van der Waals surface area contributed by atoms with E-state index < -0.39 is 0 Å². The molecule has 2 aliphatic rings. The van der Waals surface area contributed by atoms with Crippen LogP contribution in [0.15, 0.2) is 0 Å². The van der Waals surface area contributed by atoms with Crippen LogP contribution >= 0.6 is 0 Å². The second kappa shape index (κ2) is 2.19. The molecule has 10 heavy (non-hydrogen) atoms. The first-order valence-corrected chi connectivity index (χ1v) is 3.74. The highest BCUT2D eigenvalue weighted by atomic mass is 16.6. The first-order chi connectivity index (χ1) is 4.86. The largest absolute Gasteiger partial charge is 0.396 e. The average molecular weight is 144 g/mol. The third-order valence-electron chi connectivity index (χ3n) is 2.57. The van der Waals surface area contributed by atoms with Crippen molar-refractivity contribution in [3.63, 3.8) is 0 Å². The van der Waals surface area contributed by atoms with Crippen LogP contribution in [0.25, 0.3) is 0 Å². The average Bonchev–Trinajstić information content (AvgIpc) is 2.67. The molecule has 58 valence electrons. The van der Waals surface area contributed by atoms with Crippen molar-refractivity contribution in [2.75, 3.05) is 13.2 Å². The van der Waals surface area contributed by atoms with Crippen molar-refractivity contribution in [1.82, 2.24) is 0 Å². The minimum absolute atomic E-state index is 0.206. The summed E-state index contributed by atoms with van der Waals surface area (Å²) in [6.07, 6.45) is 1.46. The number of aliphatic hydroxyl groups is 2. The maximum Gasteiger partial charge on any atom is 0.0895 e. The van der Waals surface area contributed by atoms with Crippen molar-refractivity contribution < 1.29 is 14.9 Å². The molecule has 0 aromatic heterocycles. The Kier molecular flexibility index (Phi) is 1.44. The third kappa shape index (κ3) is 0.779. The van der Waals surface area contributed by atoms with Crippen molar-refractivity contribution in [2.45, 2.75) is 18.6 Å². The lowest BCUT2D eigenvalue weighted by atomic mass is 10.1. The second-order valence-electron chi connectivity index (χ2n) is 3.19. The molecule has 0 amide bonds. The van der Waals surface area contributed by atoms with Crippen LogP contribution in [0.4, 0.5) is 0 Å². The van der Waals surface area contributed by atoms with E-state index >= 15 is 0 Å². The van der Waals surface area contributed by atoms with Gasteiger partial charge in [0, 0.05) is 25.0 Å². The zero-order valence-corrected chi connectivity index (χ0v) is 5.73. The van der Waals surface area contributed by atoms with Crippen molar-refractivity contribution in [3.05, 3.63) is 0 Å². The molecule has 1 saturated carbocycles. The molecule has 3 heteroatoms. The van der Waals surface area contributed by atoms with E-state index in [9.17, 15) is 0 Å². The van der Waals surface area contributed by atoms with Crippen LogP contribution in [-0.2, 0) is 4.74 Å². The van der Waals surface area contributed by atoms with Crippen LogP contribution in [0.3, 0.4) is 0 Å². The van der Waals surface area contributed by atoms with Gasteiger partial charge in [-0.15, -0.1) is 0 Å². The zero-order chi connectivity index (χ0) is 7.14. The molecule has 0 radical (unpaired) electrons. The highest BCUT2D eigenvalue weighted by Gasteiger charge is 2.55. The van der Waals surface area contributed by atoms with Gasteiger partial charge < -0.3 is 14.9 Å². The number of rotatable bonds is 2. The maximum absolute atomic E-state index is 8.81. The molecular weight excluding hydrogens is 132 g/mol. The monoisotopic (exact) mass is 144 g/mol. The fraction of sp³-hybridized carbons (Fsp3) is 1.00. The smallest absolute Gasteiger partial charge is 0.0895 e. The Labute approximate surface area is 59.6 Å². The normalized spacial score (nSPS) is 51.0. The van der Waals surface area contributed by atoms with Gasteiger partial charge in [0.15, 0.2) is 0 Å². The van der Waals surface area contributed by atoms with Gasteiger partial charge >= 0.3 is 0 Å². The van der Waals surface area contributed by atoms with Crippen LogP contribution in [0.5, 0.6) is 0 Å². The topological polar surface area (TPSA) is 53.0 Å². The molecule has 0 unspecified atom stereocenters. The van der Waals surface area contributed by atoms with Crippen LogP contribution in [0, 0.1) is 11.8 Å². The zero-order valence-electron chi connectivity index (χ0n) is 5.73. The van der Waals surface area contributed by atoms with Crippen LogP contribution in [0.2, 0.25) is 0 Å². The number of aliphatic hydroxyl groups excluding tert-OH is 2. The summed E-state index contributed by atoms with van der Waals surface area (Å²) in [7, 11) is 0. The van der Waals surface area contributed by atoms with Crippen molar-refractivity contribution in [1.29, 1.82) is 0 Å². The van der Waals surface area contributed by atoms with Gasteiger partial charge in [0.2, 0.25) is 0 Å². The van der Waals surface area contributed by atoms with Crippen LogP contribution in [-0.4, -0.2) is 35.6 Å². The summed E-state index contributed by atoms with van der Waals surface area (Å²) >= 11 is 0. The van der Waals surface area contributed by atoms with Crippen molar-refractivity contribution >= 4 is 0 Å². The lowest BCUT2D eigenvalue weighted by molar-refractivity contribution is 0.121. The molecule has 0 bridgehead atoms. The molecule has 0 spiro atoms. The van der Waals surface area contributed by atoms with Crippen molar-refractivity contribution in [3.8, 4) is 0 Å². The SMILES string of the molecule is OC[C@H]1C[C@@H](CO)[C@@H]2O[C@H]12. The number of hydrogen-bond donors (Lipinski definition) is 2. The van der Waals surface area contributed by atoms with Gasteiger partial charge in [-0.25, -0.2) is 0 Å².